The molecule has 0 aromatic heterocycles. The Balaban J connectivity index is 1.48. The number of piperazine rings is 1. The zero-order chi connectivity index (χ0) is 22.6. The SMILES string of the molecule is O=[N+]([O-])c1ccc(N2CCN(C/C=C/c3ccccc3)CC2)c(S(=O)(=O)N2CCCC2)c1. The lowest BCUT2D eigenvalue weighted by Gasteiger charge is -2.36. The lowest BCUT2D eigenvalue weighted by molar-refractivity contribution is -0.385. The van der Waals surface area contributed by atoms with Crippen LogP contribution in [0.15, 0.2) is 59.5 Å². The Bertz CT molecular complexity index is 1070. The average molecular weight is 457 g/mol. The number of nitro benzene ring substituents is 1. The van der Waals surface area contributed by atoms with Gasteiger partial charge in [-0.1, -0.05) is 42.5 Å². The number of hydrogen-bond acceptors (Lipinski definition) is 6. The molecule has 170 valence electrons. The highest BCUT2D eigenvalue weighted by Gasteiger charge is 2.33. The van der Waals surface area contributed by atoms with E-state index in [0.717, 1.165) is 38.0 Å². The van der Waals surface area contributed by atoms with Crippen molar-refractivity contribution in [2.45, 2.75) is 17.7 Å². The van der Waals surface area contributed by atoms with Gasteiger partial charge in [-0.25, -0.2) is 8.42 Å². The minimum absolute atomic E-state index is 0.0472. The lowest BCUT2D eigenvalue weighted by atomic mass is 10.2. The Labute approximate surface area is 188 Å². The molecule has 2 aromatic rings. The average Bonchev–Trinajstić information content (AvgIpc) is 3.36. The first kappa shape index (κ1) is 22.4. The summed E-state index contributed by atoms with van der Waals surface area (Å²) < 4.78 is 28.0. The van der Waals surface area contributed by atoms with Crippen LogP contribution in [-0.4, -0.2) is 68.4 Å². The monoisotopic (exact) mass is 456 g/mol. The Kier molecular flexibility index (Phi) is 6.88. The molecule has 2 aliphatic heterocycles. The number of nitro groups is 1. The molecule has 0 atom stereocenters. The number of non-ortho nitro benzene ring substituents is 1. The predicted octanol–water partition coefficient (Wildman–Crippen LogP) is 3.21. The molecule has 0 saturated carbocycles. The number of benzene rings is 2. The third kappa shape index (κ3) is 5.01. The van der Waals surface area contributed by atoms with Gasteiger partial charge < -0.3 is 4.90 Å². The van der Waals surface area contributed by atoms with E-state index in [2.05, 4.69) is 29.2 Å². The minimum Gasteiger partial charge on any atom is -0.368 e. The van der Waals surface area contributed by atoms with Gasteiger partial charge in [0.05, 0.1) is 10.6 Å². The molecule has 2 aromatic carbocycles. The van der Waals surface area contributed by atoms with Crippen molar-refractivity contribution in [1.29, 1.82) is 0 Å². The summed E-state index contributed by atoms with van der Waals surface area (Å²) in [5, 5.41) is 11.3. The van der Waals surface area contributed by atoms with Crippen LogP contribution in [0.1, 0.15) is 18.4 Å². The van der Waals surface area contributed by atoms with E-state index in [1.54, 1.807) is 6.07 Å². The summed E-state index contributed by atoms with van der Waals surface area (Å²) in [5.41, 5.74) is 1.52. The molecule has 0 unspecified atom stereocenters. The molecule has 0 spiro atoms. The van der Waals surface area contributed by atoms with Gasteiger partial charge in [-0.05, 0) is 24.5 Å². The largest absolute Gasteiger partial charge is 0.368 e. The molecule has 0 radical (unpaired) electrons. The molecule has 0 amide bonds. The smallest absolute Gasteiger partial charge is 0.270 e. The fourth-order valence-electron chi connectivity index (χ4n) is 4.23. The van der Waals surface area contributed by atoms with E-state index < -0.39 is 14.9 Å². The molecule has 0 aliphatic carbocycles. The predicted molar refractivity (Wildman–Crippen MR) is 125 cm³/mol. The van der Waals surface area contributed by atoms with Gasteiger partial charge in [0, 0.05) is 57.9 Å². The summed E-state index contributed by atoms with van der Waals surface area (Å²) in [6, 6.07) is 14.3. The maximum absolute atomic E-state index is 13.3. The van der Waals surface area contributed by atoms with E-state index in [1.807, 2.05) is 23.1 Å². The number of rotatable bonds is 7. The van der Waals surface area contributed by atoms with Crippen molar-refractivity contribution in [3.05, 3.63) is 70.3 Å². The van der Waals surface area contributed by atoms with E-state index in [-0.39, 0.29) is 10.6 Å². The van der Waals surface area contributed by atoms with Gasteiger partial charge in [0.15, 0.2) is 0 Å². The molecule has 0 bridgehead atoms. The van der Waals surface area contributed by atoms with Crippen molar-refractivity contribution in [1.82, 2.24) is 9.21 Å². The van der Waals surface area contributed by atoms with Crippen LogP contribution in [0.4, 0.5) is 11.4 Å². The van der Waals surface area contributed by atoms with Crippen LogP contribution in [0.3, 0.4) is 0 Å². The summed E-state index contributed by atoms with van der Waals surface area (Å²) in [6.45, 7) is 4.66. The van der Waals surface area contributed by atoms with Crippen LogP contribution in [0.5, 0.6) is 0 Å². The maximum atomic E-state index is 13.3. The Morgan fingerprint density at radius 2 is 1.62 bits per heavy atom. The van der Waals surface area contributed by atoms with Gasteiger partial charge in [-0.3, -0.25) is 15.0 Å². The summed E-state index contributed by atoms with van der Waals surface area (Å²) in [4.78, 5) is 15.2. The number of hydrogen-bond donors (Lipinski definition) is 0. The van der Waals surface area contributed by atoms with Gasteiger partial charge in [-0.2, -0.15) is 4.31 Å². The number of sulfonamides is 1. The Hall–Kier alpha value is -2.75. The van der Waals surface area contributed by atoms with Crippen molar-refractivity contribution in [3.63, 3.8) is 0 Å². The molecule has 8 nitrogen and oxygen atoms in total. The zero-order valence-electron chi connectivity index (χ0n) is 18.0. The first-order valence-electron chi connectivity index (χ1n) is 10.9. The van der Waals surface area contributed by atoms with Gasteiger partial charge >= 0.3 is 0 Å². The fourth-order valence-corrected chi connectivity index (χ4v) is 5.97. The van der Waals surface area contributed by atoms with Crippen LogP contribution >= 0.6 is 0 Å². The highest BCUT2D eigenvalue weighted by atomic mass is 32.2. The Morgan fingerprint density at radius 3 is 2.28 bits per heavy atom. The van der Waals surface area contributed by atoms with Crippen molar-refractivity contribution < 1.29 is 13.3 Å². The second kappa shape index (κ2) is 9.81. The molecule has 32 heavy (non-hydrogen) atoms. The van der Waals surface area contributed by atoms with E-state index in [9.17, 15) is 18.5 Å². The fraction of sp³-hybridized carbons (Fsp3) is 0.391. The van der Waals surface area contributed by atoms with Gasteiger partial charge in [0.1, 0.15) is 4.90 Å². The maximum Gasteiger partial charge on any atom is 0.270 e. The van der Waals surface area contributed by atoms with E-state index in [1.165, 1.54) is 16.4 Å². The molecule has 9 heteroatoms. The molecule has 2 heterocycles. The molecule has 0 N–H and O–H groups in total. The van der Waals surface area contributed by atoms with E-state index in [0.29, 0.717) is 31.9 Å². The number of nitrogens with zero attached hydrogens (tertiary/aromatic N) is 4. The van der Waals surface area contributed by atoms with Crippen LogP contribution < -0.4 is 4.90 Å². The van der Waals surface area contributed by atoms with E-state index in [4.69, 9.17) is 0 Å². The number of anilines is 1. The molecular formula is C23H28N4O4S. The lowest BCUT2D eigenvalue weighted by Crippen LogP contribution is -2.47. The van der Waals surface area contributed by atoms with Crippen molar-refractivity contribution in [2.75, 3.05) is 50.7 Å². The molecule has 2 saturated heterocycles. The van der Waals surface area contributed by atoms with E-state index >= 15 is 0 Å². The molecule has 2 aliphatic rings. The quantitative estimate of drug-likeness (QED) is 0.470. The van der Waals surface area contributed by atoms with Crippen molar-refractivity contribution in [2.24, 2.45) is 0 Å². The molecule has 2 fully saturated rings. The van der Waals surface area contributed by atoms with Gasteiger partial charge in [0.25, 0.3) is 5.69 Å². The van der Waals surface area contributed by atoms with Crippen LogP contribution in [0.25, 0.3) is 6.08 Å². The summed E-state index contributed by atoms with van der Waals surface area (Å²) >= 11 is 0. The van der Waals surface area contributed by atoms with Gasteiger partial charge in [-0.15, -0.1) is 0 Å². The second-order valence-corrected chi connectivity index (χ2v) is 10.0. The Morgan fingerprint density at radius 1 is 0.938 bits per heavy atom. The van der Waals surface area contributed by atoms with Crippen LogP contribution in [-0.2, 0) is 10.0 Å². The summed E-state index contributed by atoms with van der Waals surface area (Å²) in [6.07, 6.45) is 5.88. The topological polar surface area (TPSA) is 87.0 Å². The summed E-state index contributed by atoms with van der Waals surface area (Å²) in [7, 11) is -3.77. The second-order valence-electron chi connectivity index (χ2n) is 8.12. The van der Waals surface area contributed by atoms with Crippen molar-refractivity contribution >= 4 is 27.5 Å². The molecule has 4 rings (SSSR count). The highest BCUT2D eigenvalue weighted by molar-refractivity contribution is 7.89. The third-order valence-corrected chi connectivity index (χ3v) is 7.95. The third-order valence-electron chi connectivity index (χ3n) is 6.02. The highest BCUT2D eigenvalue weighted by Crippen LogP contribution is 2.33. The zero-order valence-corrected chi connectivity index (χ0v) is 18.8. The first-order chi connectivity index (χ1) is 15.4. The normalized spacial score (nSPS) is 18.4. The summed E-state index contributed by atoms with van der Waals surface area (Å²) in [5.74, 6) is 0. The first-order valence-corrected chi connectivity index (χ1v) is 12.4. The minimum atomic E-state index is -3.77. The standard InChI is InChI=1S/C23H28N4O4S/c28-27(29)21-10-11-22(23(19-21)32(30,31)26-13-4-5-14-26)25-17-15-24(16-18-25)12-6-9-20-7-2-1-3-8-20/h1-3,6-11,19H,4-5,12-18H2/b9-6+. The van der Waals surface area contributed by atoms with Crippen LogP contribution in [0, 0.1) is 10.1 Å². The van der Waals surface area contributed by atoms with Crippen molar-refractivity contribution in [3.8, 4) is 0 Å². The van der Waals surface area contributed by atoms with Gasteiger partial charge in [0.2, 0.25) is 10.0 Å². The molecular weight excluding hydrogens is 428 g/mol. The van der Waals surface area contributed by atoms with Crippen LogP contribution in [0.2, 0.25) is 0 Å².